The molecule has 3 heterocycles. The minimum atomic E-state index is -1.06. The van der Waals surface area contributed by atoms with Gasteiger partial charge in [0.25, 0.3) is 5.91 Å². The summed E-state index contributed by atoms with van der Waals surface area (Å²) in [5.74, 6) is -0.783. The van der Waals surface area contributed by atoms with Gasteiger partial charge in [-0.15, -0.1) is 22.7 Å². The lowest BCUT2D eigenvalue weighted by Gasteiger charge is -2.33. The number of aliphatic imine (C=N–C) groups is 1. The molecular weight excluding hydrogens is 484 g/mol. The van der Waals surface area contributed by atoms with E-state index in [4.69, 9.17) is 4.74 Å². The highest BCUT2D eigenvalue weighted by atomic mass is 32.1. The van der Waals surface area contributed by atoms with E-state index in [0.29, 0.717) is 23.6 Å². The van der Waals surface area contributed by atoms with Crippen LogP contribution in [0, 0.1) is 13.8 Å². The Bertz CT molecular complexity index is 1120. The Morgan fingerprint density at radius 2 is 1.51 bits per heavy atom. The van der Waals surface area contributed by atoms with Gasteiger partial charge in [0.2, 0.25) is 5.90 Å². The first-order valence-electron chi connectivity index (χ1n) is 12.2. The molecule has 0 unspecified atom stereocenters. The smallest absolute Gasteiger partial charge is 0.340 e. The standard InChI is InChI=1S/C13H17NO3S.C13H15NO2S/c1-9-5-6-10(18-9)11(15)14-13(12(16)17)7-3-2-4-8-13;1-9-5-6-10(17-9)11-14-13(12(15)16-11)7-3-2-4-8-13/h5-6H,2-4,7-8H2,1H3,(H,14,15)(H,16,17);5-6H,2-4,7-8H2,1H3. The number of cyclic esters (lactones) is 1. The second-order valence-corrected chi connectivity index (χ2v) is 12.2. The molecule has 2 saturated carbocycles. The van der Waals surface area contributed by atoms with Gasteiger partial charge in [0.1, 0.15) is 5.54 Å². The number of thiophene rings is 2. The van der Waals surface area contributed by atoms with Crippen LogP contribution in [-0.4, -0.2) is 39.9 Å². The van der Waals surface area contributed by atoms with E-state index in [9.17, 15) is 19.5 Å². The van der Waals surface area contributed by atoms with Gasteiger partial charge in [0, 0.05) is 9.75 Å². The van der Waals surface area contributed by atoms with Gasteiger partial charge in [0.15, 0.2) is 5.54 Å². The van der Waals surface area contributed by atoms with Gasteiger partial charge in [-0.3, -0.25) is 4.79 Å². The molecule has 1 aliphatic heterocycles. The second-order valence-electron chi connectivity index (χ2n) is 9.62. The molecule has 0 bridgehead atoms. The Morgan fingerprint density at radius 1 is 0.914 bits per heavy atom. The normalized spacial score (nSPS) is 20.4. The number of carboxylic acid groups (broad SMARTS) is 1. The van der Waals surface area contributed by atoms with Crippen LogP contribution in [0.2, 0.25) is 0 Å². The second kappa shape index (κ2) is 10.6. The van der Waals surface area contributed by atoms with Crippen molar-refractivity contribution in [2.75, 3.05) is 0 Å². The molecule has 2 fully saturated rings. The maximum absolute atomic E-state index is 12.1. The lowest BCUT2D eigenvalue weighted by Crippen LogP contribution is -2.55. The van der Waals surface area contributed by atoms with Crippen LogP contribution in [0.3, 0.4) is 0 Å². The molecule has 1 amide bonds. The molecule has 0 aromatic carbocycles. The fourth-order valence-electron chi connectivity index (χ4n) is 4.94. The minimum absolute atomic E-state index is 0.141. The van der Waals surface area contributed by atoms with Crippen molar-refractivity contribution < 1.29 is 24.2 Å². The number of rotatable bonds is 4. The zero-order valence-electron chi connectivity index (χ0n) is 20.2. The summed E-state index contributed by atoms with van der Waals surface area (Å²) < 4.78 is 5.38. The van der Waals surface area contributed by atoms with Crippen molar-refractivity contribution in [1.29, 1.82) is 0 Å². The number of nitrogens with zero attached hydrogens (tertiary/aromatic N) is 1. The number of amides is 1. The van der Waals surface area contributed by atoms with Gasteiger partial charge in [-0.05, 0) is 63.8 Å². The molecule has 0 saturated heterocycles. The van der Waals surface area contributed by atoms with Gasteiger partial charge in [-0.1, -0.05) is 38.5 Å². The highest BCUT2D eigenvalue weighted by Crippen LogP contribution is 2.38. The predicted octanol–water partition coefficient (Wildman–Crippen LogP) is 5.64. The molecule has 2 aromatic heterocycles. The van der Waals surface area contributed by atoms with E-state index < -0.39 is 17.0 Å². The first-order valence-corrected chi connectivity index (χ1v) is 13.9. The highest BCUT2D eigenvalue weighted by molar-refractivity contribution is 7.14. The van der Waals surface area contributed by atoms with E-state index in [-0.39, 0.29) is 11.9 Å². The largest absolute Gasteiger partial charge is 0.480 e. The third-order valence-corrected chi connectivity index (χ3v) is 8.94. The molecule has 0 radical (unpaired) electrons. The zero-order chi connectivity index (χ0) is 25.1. The molecule has 9 heteroatoms. The molecule has 7 nitrogen and oxygen atoms in total. The van der Waals surface area contributed by atoms with Gasteiger partial charge in [0.05, 0.1) is 9.75 Å². The predicted molar refractivity (Wildman–Crippen MR) is 137 cm³/mol. The van der Waals surface area contributed by atoms with Crippen LogP contribution in [0.15, 0.2) is 29.3 Å². The number of nitrogens with one attached hydrogen (secondary N) is 1. The summed E-state index contributed by atoms with van der Waals surface area (Å²) in [6, 6.07) is 7.62. The van der Waals surface area contributed by atoms with Crippen molar-refractivity contribution in [2.24, 2.45) is 4.99 Å². The summed E-state index contributed by atoms with van der Waals surface area (Å²) in [6.07, 6.45) is 8.87. The number of hydrogen-bond donors (Lipinski definition) is 2. The molecular formula is C26H32N2O5S2. The number of esters is 1. The van der Waals surface area contributed by atoms with Crippen molar-refractivity contribution in [3.8, 4) is 0 Å². The Kier molecular flexibility index (Phi) is 7.76. The van der Waals surface area contributed by atoms with Crippen LogP contribution in [-0.2, 0) is 14.3 Å². The van der Waals surface area contributed by atoms with Crippen LogP contribution >= 0.6 is 22.7 Å². The lowest BCUT2D eigenvalue weighted by atomic mass is 9.81. The van der Waals surface area contributed by atoms with Crippen molar-refractivity contribution in [3.05, 3.63) is 43.8 Å². The van der Waals surface area contributed by atoms with Crippen molar-refractivity contribution in [1.82, 2.24) is 5.32 Å². The Labute approximate surface area is 213 Å². The van der Waals surface area contributed by atoms with Crippen LogP contribution in [0.25, 0.3) is 0 Å². The summed E-state index contributed by atoms with van der Waals surface area (Å²) in [5.41, 5.74) is -1.61. The number of aryl methyl sites for hydroxylation is 2. The van der Waals surface area contributed by atoms with E-state index in [0.717, 1.165) is 54.7 Å². The van der Waals surface area contributed by atoms with E-state index in [2.05, 4.69) is 10.3 Å². The van der Waals surface area contributed by atoms with Crippen LogP contribution < -0.4 is 5.32 Å². The Morgan fingerprint density at radius 3 is 2.06 bits per heavy atom. The minimum Gasteiger partial charge on any atom is -0.480 e. The number of aliphatic carboxylic acids is 1. The summed E-state index contributed by atoms with van der Waals surface area (Å²) in [4.78, 5) is 43.9. The van der Waals surface area contributed by atoms with Gasteiger partial charge < -0.3 is 15.2 Å². The molecule has 1 spiro atoms. The number of carbonyl (C=O) groups is 3. The van der Waals surface area contributed by atoms with Crippen molar-refractivity contribution >= 4 is 46.4 Å². The van der Waals surface area contributed by atoms with Gasteiger partial charge in [-0.2, -0.15) is 0 Å². The molecule has 3 aliphatic rings. The Hall–Kier alpha value is -2.52. The van der Waals surface area contributed by atoms with Crippen molar-refractivity contribution in [3.63, 3.8) is 0 Å². The maximum Gasteiger partial charge on any atom is 0.340 e. The molecule has 2 aliphatic carbocycles. The Balaban J connectivity index is 0.000000165. The number of carboxylic acids is 1. The van der Waals surface area contributed by atoms with Crippen LogP contribution in [0.5, 0.6) is 0 Å². The third-order valence-electron chi connectivity index (χ3n) is 6.95. The molecule has 5 rings (SSSR count). The molecule has 188 valence electrons. The van der Waals surface area contributed by atoms with E-state index >= 15 is 0 Å². The first kappa shape index (κ1) is 25.6. The molecule has 0 atom stereocenters. The maximum atomic E-state index is 12.1. The van der Waals surface area contributed by atoms with Crippen LogP contribution in [0.4, 0.5) is 0 Å². The fraction of sp³-hybridized carbons (Fsp3) is 0.538. The quantitative estimate of drug-likeness (QED) is 0.512. The van der Waals surface area contributed by atoms with Crippen LogP contribution in [0.1, 0.15) is 88.5 Å². The summed E-state index contributed by atoms with van der Waals surface area (Å²) in [6.45, 7) is 3.97. The number of carbonyl (C=O) groups excluding carboxylic acids is 2. The first-order chi connectivity index (χ1) is 16.7. The van der Waals surface area contributed by atoms with Gasteiger partial charge in [-0.25, -0.2) is 14.6 Å². The van der Waals surface area contributed by atoms with Crippen molar-refractivity contribution in [2.45, 2.75) is 89.1 Å². The number of hydrogen-bond acceptors (Lipinski definition) is 7. The third kappa shape index (κ3) is 5.67. The average molecular weight is 517 g/mol. The van der Waals surface area contributed by atoms with Gasteiger partial charge >= 0.3 is 11.9 Å². The SMILES string of the molecule is Cc1ccc(C(=O)NC2(C(=O)O)CCCCC2)s1.Cc1ccc(C2=NC3(CCCCC3)C(=O)O2)s1. The van der Waals surface area contributed by atoms with E-state index in [1.807, 2.05) is 32.0 Å². The molecule has 2 aromatic rings. The zero-order valence-corrected chi connectivity index (χ0v) is 21.9. The number of ether oxygens (including phenoxy) is 1. The average Bonchev–Trinajstić information content (AvgIpc) is 3.55. The lowest BCUT2D eigenvalue weighted by molar-refractivity contribution is -0.146. The molecule has 2 N–H and O–H groups in total. The summed E-state index contributed by atoms with van der Waals surface area (Å²) >= 11 is 3.02. The summed E-state index contributed by atoms with van der Waals surface area (Å²) in [7, 11) is 0. The fourth-order valence-corrected chi connectivity index (χ4v) is 6.49. The van der Waals surface area contributed by atoms with E-state index in [1.165, 1.54) is 22.6 Å². The monoisotopic (exact) mass is 516 g/mol. The van der Waals surface area contributed by atoms with E-state index in [1.54, 1.807) is 17.4 Å². The summed E-state index contributed by atoms with van der Waals surface area (Å²) in [5, 5.41) is 12.1. The highest BCUT2D eigenvalue weighted by Gasteiger charge is 2.47. The molecule has 35 heavy (non-hydrogen) atoms. The topological polar surface area (TPSA) is 105 Å².